The molecule has 1 amide bonds. The fourth-order valence-electron chi connectivity index (χ4n) is 4.26. The number of hydrogen-bond acceptors (Lipinski definition) is 8. The monoisotopic (exact) mass is 506 g/mol. The largest absolute Gasteiger partial charge is 0.462 e. The molecule has 9 heteroatoms. The van der Waals surface area contributed by atoms with Crippen LogP contribution in [-0.4, -0.2) is 29.7 Å². The van der Waals surface area contributed by atoms with Crippen molar-refractivity contribution in [2.24, 2.45) is 0 Å². The molecule has 2 aromatic heterocycles. The average molecular weight is 507 g/mol. The molecule has 0 N–H and O–H groups in total. The van der Waals surface area contributed by atoms with E-state index in [9.17, 15) is 14.4 Å². The van der Waals surface area contributed by atoms with Crippen LogP contribution in [0.25, 0.3) is 11.0 Å². The SMILES string of the molecule is CCOC(=O)c1sc(N2C(=O)c3oc4ccc(C)cc4c(=O)c3C2c2ccc(SC)cc2)nc1C. The summed E-state index contributed by atoms with van der Waals surface area (Å²) >= 11 is 2.67. The molecule has 1 atom stereocenters. The minimum absolute atomic E-state index is 0.00386. The summed E-state index contributed by atoms with van der Waals surface area (Å²) < 4.78 is 11.2. The van der Waals surface area contributed by atoms with Crippen LogP contribution in [0.3, 0.4) is 0 Å². The van der Waals surface area contributed by atoms with E-state index in [1.165, 1.54) is 4.90 Å². The number of esters is 1. The first kappa shape index (κ1) is 23.3. The first-order valence-corrected chi connectivity index (χ1v) is 13.1. The van der Waals surface area contributed by atoms with Gasteiger partial charge in [-0.3, -0.25) is 14.5 Å². The number of amides is 1. The van der Waals surface area contributed by atoms with Crippen molar-refractivity contribution in [3.63, 3.8) is 0 Å². The first-order chi connectivity index (χ1) is 16.8. The zero-order valence-corrected chi connectivity index (χ0v) is 21.2. The summed E-state index contributed by atoms with van der Waals surface area (Å²) in [4.78, 5) is 47.2. The number of thiazole rings is 1. The van der Waals surface area contributed by atoms with Gasteiger partial charge in [0.25, 0.3) is 5.91 Å². The highest BCUT2D eigenvalue weighted by atomic mass is 32.2. The van der Waals surface area contributed by atoms with Crippen molar-refractivity contribution >= 4 is 51.1 Å². The Morgan fingerprint density at radius 2 is 1.91 bits per heavy atom. The van der Waals surface area contributed by atoms with Gasteiger partial charge in [-0.1, -0.05) is 35.1 Å². The van der Waals surface area contributed by atoms with Crippen LogP contribution in [0.2, 0.25) is 0 Å². The molecule has 1 aliphatic rings. The molecule has 3 heterocycles. The Bertz CT molecular complexity index is 1540. The summed E-state index contributed by atoms with van der Waals surface area (Å²) in [6.07, 6.45) is 1.98. The van der Waals surface area contributed by atoms with Crippen molar-refractivity contribution in [3.8, 4) is 0 Å². The Labute approximate surface area is 209 Å². The van der Waals surface area contributed by atoms with Gasteiger partial charge in [0.2, 0.25) is 5.76 Å². The average Bonchev–Trinajstić information content (AvgIpc) is 3.37. The quantitative estimate of drug-likeness (QED) is 0.260. The molecule has 0 saturated heterocycles. The Balaban J connectivity index is 1.74. The molecule has 0 saturated carbocycles. The summed E-state index contributed by atoms with van der Waals surface area (Å²) in [6, 6.07) is 12.3. The second-order valence-electron chi connectivity index (χ2n) is 8.16. The number of nitrogens with zero attached hydrogens (tertiary/aromatic N) is 2. The highest BCUT2D eigenvalue weighted by molar-refractivity contribution is 7.98. The van der Waals surface area contributed by atoms with E-state index in [4.69, 9.17) is 9.15 Å². The minimum atomic E-state index is -0.741. The maximum absolute atomic E-state index is 13.7. The number of benzene rings is 2. The number of aromatic nitrogens is 1. The molecular formula is C26H22N2O5S2. The Morgan fingerprint density at radius 1 is 1.17 bits per heavy atom. The Morgan fingerprint density at radius 3 is 2.60 bits per heavy atom. The van der Waals surface area contributed by atoms with Gasteiger partial charge in [-0.25, -0.2) is 9.78 Å². The molecule has 5 rings (SSSR count). The number of aryl methyl sites for hydroxylation is 2. The third-order valence-electron chi connectivity index (χ3n) is 5.91. The first-order valence-electron chi connectivity index (χ1n) is 11.0. The van der Waals surface area contributed by atoms with E-state index in [0.717, 1.165) is 27.4 Å². The molecule has 4 aromatic rings. The van der Waals surface area contributed by atoms with Crippen molar-refractivity contribution < 1.29 is 18.7 Å². The van der Waals surface area contributed by atoms with Gasteiger partial charge in [0.05, 0.1) is 29.3 Å². The van der Waals surface area contributed by atoms with Gasteiger partial charge in [-0.2, -0.15) is 0 Å². The topological polar surface area (TPSA) is 89.7 Å². The molecule has 35 heavy (non-hydrogen) atoms. The molecule has 2 aromatic carbocycles. The lowest BCUT2D eigenvalue weighted by Gasteiger charge is -2.22. The number of carbonyl (C=O) groups excluding carboxylic acids is 2. The number of carbonyl (C=O) groups is 2. The van der Waals surface area contributed by atoms with Gasteiger partial charge in [-0.05, 0) is 56.9 Å². The fourth-order valence-corrected chi connectivity index (χ4v) is 5.65. The highest BCUT2D eigenvalue weighted by Crippen LogP contribution is 2.43. The van der Waals surface area contributed by atoms with E-state index in [-0.39, 0.29) is 23.4 Å². The summed E-state index contributed by atoms with van der Waals surface area (Å²) in [5.41, 5.74) is 2.51. The van der Waals surface area contributed by atoms with Crippen molar-refractivity contribution in [2.45, 2.75) is 31.7 Å². The van der Waals surface area contributed by atoms with Crippen molar-refractivity contribution in [1.29, 1.82) is 0 Å². The number of anilines is 1. The van der Waals surface area contributed by atoms with Crippen LogP contribution < -0.4 is 10.3 Å². The van der Waals surface area contributed by atoms with Crippen molar-refractivity contribution in [3.05, 3.63) is 85.7 Å². The summed E-state index contributed by atoms with van der Waals surface area (Å²) in [5, 5.41) is 0.729. The van der Waals surface area contributed by atoms with Crippen LogP contribution in [-0.2, 0) is 4.74 Å². The fraction of sp³-hybridized carbons (Fsp3) is 0.231. The third kappa shape index (κ3) is 3.84. The summed E-state index contributed by atoms with van der Waals surface area (Å²) in [7, 11) is 0. The Kier molecular flexibility index (Phi) is 5.98. The number of rotatable bonds is 5. The zero-order chi connectivity index (χ0) is 24.9. The summed E-state index contributed by atoms with van der Waals surface area (Å²) in [5.74, 6) is -0.965. The Hall–Kier alpha value is -3.43. The molecule has 0 radical (unpaired) electrons. The lowest BCUT2D eigenvalue weighted by atomic mass is 9.98. The van der Waals surface area contributed by atoms with E-state index >= 15 is 0 Å². The van der Waals surface area contributed by atoms with E-state index in [1.54, 1.807) is 37.7 Å². The van der Waals surface area contributed by atoms with E-state index in [1.807, 2.05) is 43.5 Å². The molecular weight excluding hydrogens is 484 g/mol. The number of fused-ring (bicyclic) bond motifs is 2. The molecule has 0 fully saturated rings. The van der Waals surface area contributed by atoms with Crippen LogP contribution in [0, 0.1) is 13.8 Å². The number of thioether (sulfide) groups is 1. The molecule has 0 aliphatic carbocycles. The third-order valence-corrected chi connectivity index (χ3v) is 7.79. The van der Waals surface area contributed by atoms with Crippen LogP contribution in [0.1, 0.15) is 55.6 Å². The van der Waals surface area contributed by atoms with Gasteiger partial charge in [0.15, 0.2) is 10.6 Å². The predicted molar refractivity (Wildman–Crippen MR) is 137 cm³/mol. The van der Waals surface area contributed by atoms with Crippen LogP contribution in [0.15, 0.2) is 56.6 Å². The van der Waals surface area contributed by atoms with Crippen LogP contribution in [0.4, 0.5) is 5.13 Å². The van der Waals surface area contributed by atoms with Crippen LogP contribution in [0.5, 0.6) is 0 Å². The van der Waals surface area contributed by atoms with Gasteiger partial charge in [0, 0.05) is 4.90 Å². The van der Waals surface area contributed by atoms with Crippen LogP contribution >= 0.6 is 23.1 Å². The van der Waals surface area contributed by atoms with E-state index < -0.39 is 17.9 Å². The molecule has 0 bridgehead atoms. The lowest BCUT2D eigenvalue weighted by Crippen LogP contribution is -2.29. The normalized spacial score (nSPS) is 15.0. The molecule has 178 valence electrons. The summed E-state index contributed by atoms with van der Waals surface area (Å²) in [6.45, 7) is 5.56. The van der Waals surface area contributed by atoms with Gasteiger partial charge >= 0.3 is 5.97 Å². The molecule has 1 aliphatic heterocycles. The highest BCUT2D eigenvalue weighted by Gasteiger charge is 2.45. The maximum atomic E-state index is 13.7. The molecule has 0 spiro atoms. The van der Waals surface area contributed by atoms with Gasteiger partial charge in [0.1, 0.15) is 10.5 Å². The molecule has 7 nitrogen and oxygen atoms in total. The van der Waals surface area contributed by atoms with Gasteiger partial charge < -0.3 is 9.15 Å². The van der Waals surface area contributed by atoms with Gasteiger partial charge in [-0.15, -0.1) is 11.8 Å². The van der Waals surface area contributed by atoms with Crippen molar-refractivity contribution in [2.75, 3.05) is 17.8 Å². The second kappa shape index (κ2) is 8.98. The second-order valence-corrected chi connectivity index (χ2v) is 10.0. The smallest absolute Gasteiger partial charge is 0.350 e. The van der Waals surface area contributed by atoms with E-state index in [2.05, 4.69) is 4.98 Å². The zero-order valence-electron chi connectivity index (χ0n) is 19.6. The van der Waals surface area contributed by atoms with E-state index in [0.29, 0.717) is 26.7 Å². The standard InChI is InChI=1S/C26H22N2O5S2/c1-5-32-25(31)23-14(3)27-26(35-23)28-20(15-7-9-16(34-4)10-8-15)19-21(29)17-12-13(2)6-11-18(17)33-22(19)24(28)30/h6-12,20H,5H2,1-4H3. The number of hydrogen-bond donors (Lipinski definition) is 0. The molecule has 1 unspecified atom stereocenters. The minimum Gasteiger partial charge on any atom is -0.462 e. The predicted octanol–water partition coefficient (Wildman–Crippen LogP) is 5.51. The lowest BCUT2D eigenvalue weighted by molar-refractivity contribution is 0.0531. The van der Waals surface area contributed by atoms with Crippen molar-refractivity contribution in [1.82, 2.24) is 4.98 Å². The number of ether oxygens (including phenoxy) is 1. The maximum Gasteiger partial charge on any atom is 0.350 e.